The van der Waals surface area contributed by atoms with E-state index in [4.69, 9.17) is 9.26 Å². The molecule has 2 heterocycles. The minimum absolute atomic E-state index is 0.160. The monoisotopic (exact) mass is 377 g/mol. The predicted molar refractivity (Wildman–Crippen MR) is 97.0 cm³/mol. The molecule has 140 valence electrons. The molecule has 0 N–H and O–H groups in total. The number of nitrogens with zero attached hydrogens (tertiary/aromatic N) is 3. The number of esters is 1. The number of rotatable bonds is 5. The van der Waals surface area contributed by atoms with Crippen LogP contribution in [0.3, 0.4) is 0 Å². The molecular weight excluding hydrogens is 362 g/mol. The fourth-order valence-corrected chi connectivity index (χ4v) is 2.87. The lowest BCUT2D eigenvalue weighted by Gasteiger charge is -2.14. The van der Waals surface area contributed by atoms with E-state index in [9.17, 15) is 14.4 Å². The van der Waals surface area contributed by atoms with Gasteiger partial charge in [0.2, 0.25) is 17.6 Å². The third kappa shape index (κ3) is 3.52. The van der Waals surface area contributed by atoms with Gasteiger partial charge in [-0.15, -0.1) is 0 Å². The number of anilines is 1. The average molecular weight is 377 g/mol. The van der Waals surface area contributed by atoms with Crippen LogP contribution >= 0.6 is 0 Å². The van der Waals surface area contributed by atoms with Gasteiger partial charge in [0.15, 0.2) is 6.61 Å². The van der Waals surface area contributed by atoms with E-state index in [1.54, 1.807) is 18.2 Å². The molecule has 0 saturated carbocycles. The van der Waals surface area contributed by atoms with Crippen LogP contribution in [0, 0.1) is 0 Å². The van der Waals surface area contributed by atoms with Gasteiger partial charge in [-0.05, 0) is 18.2 Å². The molecule has 8 heteroatoms. The molecule has 1 aliphatic rings. The topological polar surface area (TPSA) is 103 Å². The van der Waals surface area contributed by atoms with Crippen molar-refractivity contribution in [3.8, 4) is 11.4 Å². The summed E-state index contributed by atoms with van der Waals surface area (Å²) in [5.74, 6) is -0.627. The van der Waals surface area contributed by atoms with E-state index < -0.39 is 5.97 Å². The maximum absolute atomic E-state index is 12.3. The summed E-state index contributed by atoms with van der Waals surface area (Å²) in [7, 11) is 0. The molecule has 0 atom stereocenters. The second-order valence-electron chi connectivity index (χ2n) is 6.13. The minimum atomic E-state index is -0.625. The van der Waals surface area contributed by atoms with Crippen molar-refractivity contribution in [1.82, 2.24) is 10.1 Å². The Hall–Kier alpha value is -3.81. The van der Waals surface area contributed by atoms with E-state index in [1.165, 1.54) is 6.07 Å². The van der Waals surface area contributed by atoms with Crippen molar-refractivity contribution in [2.24, 2.45) is 0 Å². The summed E-state index contributed by atoms with van der Waals surface area (Å²) in [6, 6.07) is 15.5. The van der Waals surface area contributed by atoms with E-state index in [0.29, 0.717) is 11.5 Å². The number of carbonyl (C=O) groups excluding carboxylic acids is 3. The number of carbonyl (C=O) groups is 3. The van der Waals surface area contributed by atoms with Crippen molar-refractivity contribution in [1.29, 1.82) is 0 Å². The largest absolute Gasteiger partial charge is 0.452 e. The van der Waals surface area contributed by atoms with Gasteiger partial charge in [-0.25, -0.2) is 4.79 Å². The summed E-state index contributed by atoms with van der Waals surface area (Å²) in [4.78, 5) is 41.3. The first-order chi connectivity index (χ1) is 13.6. The Morgan fingerprint density at radius 3 is 2.54 bits per heavy atom. The molecule has 1 aliphatic heterocycles. The third-order valence-electron chi connectivity index (χ3n) is 4.22. The Labute approximate surface area is 159 Å². The minimum Gasteiger partial charge on any atom is -0.452 e. The van der Waals surface area contributed by atoms with Gasteiger partial charge < -0.3 is 9.26 Å². The van der Waals surface area contributed by atoms with Crippen LogP contribution in [0.5, 0.6) is 0 Å². The maximum Gasteiger partial charge on any atom is 0.338 e. The van der Waals surface area contributed by atoms with Crippen LogP contribution in [0.1, 0.15) is 29.1 Å². The molecule has 0 spiro atoms. The highest BCUT2D eigenvalue weighted by Crippen LogP contribution is 2.24. The van der Waals surface area contributed by atoms with Crippen LogP contribution in [0.25, 0.3) is 11.4 Å². The van der Waals surface area contributed by atoms with Crippen molar-refractivity contribution >= 4 is 23.5 Å². The van der Waals surface area contributed by atoms with Crippen LogP contribution in [0.15, 0.2) is 59.1 Å². The Morgan fingerprint density at radius 1 is 1.04 bits per heavy atom. The van der Waals surface area contributed by atoms with Crippen molar-refractivity contribution in [3.05, 3.63) is 66.1 Å². The summed E-state index contributed by atoms with van der Waals surface area (Å²) in [6.07, 6.45) is 0.350. The zero-order valence-corrected chi connectivity index (χ0v) is 14.7. The van der Waals surface area contributed by atoms with E-state index in [1.807, 2.05) is 30.3 Å². The van der Waals surface area contributed by atoms with Gasteiger partial charge in [0.25, 0.3) is 5.89 Å². The van der Waals surface area contributed by atoms with Crippen LogP contribution in [-0.2, 0) is 20.9 Å². The van der Waals surface area contributed by atoms with Crippen LogP contribution < -0.4 is 4.90 Å². The molecule has 2 amide bonds. The lowest BCUT2D eigenvalue weighted by atomic mass is 10.2. The Bertz CT molecular complexity index is 1030. The van der Waals surface area contributed by atoms with Crippen molar-refractivity contribution in [3.63, 3.8) is 0 Å². The number of imide groups is 1. The van der Waals surface area contributed by atoms with Gasteiger partial charge in [0.05, 0.1) is 11.3 Å². The number of aromatic nitrogens is 2. The molecule has 1 fully saturated rings. The lowest BCUT2D eigenvalue weighted by molar-refractivity contribution is -0.121. The van der Waals surface area contributed by atoms with Gasteiger partial charge in [-0.1, -0.05) is 41.6 Å². The lowest BCUT2D eigenvalue weighted by Crippen LogP contribution is -2.28. The number of hydrogen-bond donors (Lipinski definition) is 0. The standard InChI is InChI=1S/C20H15N3O5/c24-17-9-10-18(25)23(17)15-8-4-7-14(11-15)20(26)27-12-16-21-19(22-28-16)13-5-2-1-3-6-13/h1-8,11H,9-10,12H2. The highest BCUT2D eigenvalue weighted by atomic mass is 16.6. The van der Waals surface area contributed by atoms with Gasteiger partial charge in [0, 0.05) is 18.4 Å². The second kappa shape index (κ2) is 7.43. The smallest absolute Gasteiger partial charge is 0.338 e. The summed E-state index contributed by atoms with van der Waals surface area (Å²) in [5, 5.41) is 3.86. The van der Waals surface area contributed by atoms with Crippen molar-refractivity contribution in [2.75, 3.05) is 4.90 Å². The van der Waals surface area contributed by atoms with Crippen molar-refractivity contribution < 1.29 is 23.6 Å². The van der Waals surface area contributed by atoms with Crippen LogP contribution in [0.2, 0.25) is 0 Å². The zero-order valence-electron chi connectivity index (χ0n) is 14.7. The molecule has 1 saturated heterocycles. The molecule has 0 radical (unpaired) electrons. The summed E-state index contributed by atoms with van der Waals surface area (Å²) < 4.78 is 10.3. The highest BCUT2D eigenvalue weighted by Gasteiger charge is 2.30. The second-order valence-corrected chi connectivity index (χ2v) is 6.13. The third-order valence-corrected chi connectivity index (χ3v) is 4.22. The van der Waals surface area contributed by atoms with Gasteiger partial charge in [-0.3, -0.25) is 14.5 Å². The molecule has 1 aromatic heterocycles. The molecule has 0 aliphatic carbocycles. The highest BCUT2D eigenvalue weighted by molar-refractivity contribution is 6.20. The Kier molecular flexibility index (Phi) is 4.67. The quantitative estimate of drug-likeness (QED) is 0.497. The summed E-state index contributed by atoms with van der Waals surface area (Å²) in [6.45, 7) is -0.190. The zero-order chi connectivity index (χ0) is 19.5. The average Bonchev–Trinajstić information content (AvgIpc) is 3.33. The molecule has 4 rings (SSSR count). The fourth-order valence-electron chi connectivity index (χ4n) is 2.87. The van der Waals surface area contributed by atoms with Crippen LogP contribution in [0.4, 0.5) is 5.69 Å². The number of ether oxygens (including phenoxy) is 1. The van der Waals surface area contributed by atoms with Gasteiger partial charge in [-0.2, -0.15) is 4.98 Å². The van der Waals surface area contributed by atoms with Gasteiger partial charge in [0.1, 0.15) is 0 Å². The van der Waals surface area contributed by atoms with E-state index >= 15 is 0 Å². The van der Waals surface area contributed by atoms with E-state index in [-0.39, 0.29) is 42.7 Å². The molecular formula is C20H15N3O5. The summed E-state index contributed by atoms with van der Waals surface area (Å²) >= 11 is 0. The van der Waals surface area contributed by atoms with E-state index in [2.05, 4.69) is 10.1 Å². The normalized spacial score (nSPS) is 13.8. The van der Waals surface area contributed by atoms with Crippen molar-refractivity contribution in [2.45, 2.75) is 19.4 Å². The number of benzene rings is 2. The predicted octanol–water partition coefficient (Wildman–Crippen LogP) is 2.75. The molecule has 28 heavy (non-hydrogen) atoms. The molecule has 2 aromatic carbocycles. The Balaban J connectivity index is 1.43. The molecule has 8 nitrogen and oxygen atoms in total. The first kappa shape index (κ1) is 17.6. The first-order valence-corrected chi connectivity index (χ1v) is 8.63. The van der Waals surface area contributed by atoms with Gasteiger partial charge >= 0.3 is 5.97 Å². The summed E-state index contributed by atoms with van der Waals surface area (Å²) in [5.41, 5.74) is 1.36. The van der Waals surface area contributed by atoms with Crippen LogP contribution in [-0.4, -0.2) is 27.9 Å². The molecule has 3 aromatic rings. The molecule has 0 bridgehead atoms. The Morgan fingerprint density at radius 2 is 1.79 bits per heavy atom. The van der Waals surface area contributed by atoms with E-state index in [0.717, 1.165) is 10.5 Å². The molecule has 0 unspecified atom stereocenters. The number of hydrogen-bond acceptors (Lipinski definition) is 7. The first-order valence-electron chi connectivity index (χ1n) is 8.63. The SMILES string of the molecule is O=C(OCc1nc(-c2ccccc2)no1)c1cccc(N2C(=O)CCC2=O)c1. The number of amides is 2. The fraction of sp³-hybridized carbons (Fsp3) is 0.150. The maximum atomic E-state index is 12.3.